The van der Waals surface area contributed by atoms with Crippen molar-refractivity contribution >= 4 is 44.6 Å². The van der Waals surface area contributed by atoms with E-state index in [9.17, 15) is 12.8 Å². The van der Waals surface area contributed by atoms with Crippen molar-refractivity contribution in [3.05, 3.63) is 65.1 Å². The predicted molar refractivity (Wildman–Crippen MR) is 132 cm³/mol. The molecule has 0 saturated heterocycles. The molecule has 1 aromatic heterocycles. The van der Waals surface area contributed by atoms with E-state index in [-0.39, 0.29) is 11.8 Å². The van der Waals surface area contributed by atoms with Crippen LogP contribution in [0.3, 0.4) is 0 Å². The second-order valence-electron chi connectivity index (χ2n) is 7.76. The summed E-state index contributed by atoms with van der Waals surface area (Å²) in [6, 6.07) is 10.9. The Bertz CT molecular complexity index is 1320. The van der Waals surface area contributed by atoms with Crippen molar-refractivity contribution in [2.24, 2.45) is 4.99 Å². The van der Waals surface area contributed by atoms with E-state index in [1.165, 1.54) is 0 Å². The number of halogens is 1. The zero-order valence-corrected chi connectivity index (χ0v) is 20.2. The molecule has 174 valence electrons. The van der Waals surface area contributed by atoms with Crippen LogP contribution in [0.2, 0.25) is 0 Å². The Morgan fingerprint density at radius 2 is 1.85 bits per heavy atom. The molecule has 0 aliphatic heterocycles. The van der Waals surface area contributed by atoms with Gasteiger partial charge in [0.25, 0.3) is 0 Å². The molecular formula is C23H27FN6O2S. The fourth-order valence-electron chi connectivity index (χ4n) is 3.30. The Labute approximate surface area is 193 Å². The number of benzene rings is 2. The number of sulfonamides is 1. The van der Waals surface area contributed by atoms with Gasteiger partial charge in [0, 0.05) is 31.2 Å². The number of aliphatic imine (C=N–C) groups is 1. The average Bonchev–Trinajstić information content (AvgIpc) is 2.75. The first-order valence-corrected chi connectivity index (χ1v) is 12.0. The predicted octanol–water partition coefficient (Wildman–Crippen LogP) is 4.55. The molecule has 0 atom stereocenters. The fraction of sp³-hybridized carbons (Fsp3) is 0.261. The minimum atomic E-state index is -3.43. The molecule has 0 aliphatic rings. The zero-order chi connectivity index (χ0) is 24.3. The van der Waals surface area contributed by atoms with Crippen LogP contribution in [0.25, 0.3) is 0 Å². The number of anilines is 5. The first-order valence-electron chi connectivity index (χ1n) is 10.1. The lowest BCUT2D eigenvalue weighted by atomic mass is 10.0. The Hall–Kier alpha value is -3.53. The van der Waals surface area contributed by atoms with Crippen molar-refractivity contribution in [1.82, 2.24) is 9.97 Å². The van der Waals surface area contributed by atoms with Crippen molar-refractivity contribution in [2.45, 2.75) is 20.8 Å². The average molecular weight is 471 g/mol. The number of rotatable bonds is 7. The van der Waals surface area contributed by atoms with Gasteiger partial charge in [0.05, 0.1) is 18.1 Å². The first-order chi connectivity index (χ1) is 15.5. The maximum absolute atomic E-state index is 14.6. The van der Waals surface area contributed by atoms with Gasteiger partial charge in [-0.3, -0.25) is 9.71 Å². The molecule has 3 aromatic rings. The smallest absolute Gasteiger partial charge is 0.229 e. The van der Waals surface area contributed by atoms with Gasteiger partial charge in [-0.1, -0.05) is 12.1 Å². The molecule has 2 N–H and O–H groups in total. The molecule has 3 rings (SSSR count). The van der Waals surface area contributed by atoms with E-state index in [4.69, 9.17) is 0 Å². The van der Waals surface area contributed by atoms with Crippen LogP contribution in [0.1, 0.15) is 23.6 Å². The van der Waals surface area contributed by atoms with Crippen LogP contribution < -0.4 is 14.9 Å². The van der Waals surface area contributed by atoms with E-state index >= 15 is 0 Å². The summed E-state index contributed by atoms with van der Waals surface area (Å²) in [5.41, 5.74) is 5.47. The molecule has 0 aliphatic carbocycles. The van der Waals surface area contributed by atoms with Gasteiger partial charge < -0.3 is 10.2 Å². The van der Waals surface area contributed by atoms with Crippen LogP contribution in [0.5, 0.6) is 0 Å². The highest BCUT2D eigenvalue weighted by Gasteiger charge is 2.15. The minimum Gasteiger partial charge on any atom is -0.327 e. The molecule has 0 fully saturated rings. The van der Waals surface area contributed by atoms with Crippen molar-refractivity contribution in [3.8, 4) is 0 Å². The Morgan fingerprint density at radius 1 is 1.12 bits per heavy atom. The zero-order valence-electron chi connectivity index (χ0n) is 19.4. The molecule has 10 heteroatoms. The van der Waals surface area contributed by atoms with E-state index < -0.39 is 15.8 Å². The van der Waals surface area contributed by atoms with Gasteiger partial charge in [0.2, 0.25) is 16.0 Å². The molecule has 1 heterocycles. The highest BCUT2D eigenvalue weighted by molar-refractivity contribution is 7.92. The normalized spacial score (nSPS) is 11.9. The quantitative estimate of drug-likeness (QED) is 0.491. The summed E-state index contributed by atoms with van der Waals surface area (Å²) in [7, 11) is 0.0404. The Balaban J connectivity index is 1.90. The standard InChI is InChI=1S/C23H27FN6O2S/c1-14-7-8-17(12-21(14)29-33(6,31)32)27-23-26-13-20(24)22(28-23)30(5)18-9-10-19(15(2)11-18)16(3)25-4/h7-13,29H,1-6H3,(H,26,27,28). The van der Waals surface area contributed by atoms with Crippen LogP contribution in [0, 0.1) is 19.7 Å². The van der Waals surface area contributed by atoms with Crippen molar-refractivity contribution in [3.63, 3.8) is 0 Å². The van der Waals surface area contributed by atoms with Crippen molar-refractivity contribution < 1.29 is 12.8 Å². The van der Waals surface area contributed by atoms with Crippen LogP contribution in [-0.4, -0.2) is 44.4 Å². The van der Waals surface area contributed by atoms with Crippen LogP contribution in [-0.2, 0) is 10.0 Å². The van der Waals surface area contributed by atoms with E-state index in [1.54, 1.807) is 44.1 Å². The lowest BCUT2D eigenvalue weighted by Gasteiger charge is -2.21. The monoisotopic (exact) mass is 470 g/mol. The van der Waals surface area contributed by atoms with Gasteiger partial charge in [0.1, 0.15) is 0 Å². The lowest BCUT2D eigenvalue weighted by molar-refractivity contribution is 0.606. The lowest BCUT2D eigenvalue weighted by Crippen LogP contribution is -2.15. The number of hydrogen-bond donors (Lipinski definition) is 2. The molecule has 33 heavy (non-hydrogen) atoms. The SMILES string of the molecule is CN=C(C)c1ccc(N(C)c2nc(Nc3ccc(C)c(NS(C)(=O)=O)c3)ncc2F)cc1C. The van der Waals surface area contributed by atoms with Gasteiger partial charge >= 0.3 is 0 Å². The third-order valence-electron chi connectivity index (χ3n) is 5.15. The summed E-state index contributed by atoms with van der Waals surface area (Å²) in [4.78, 5) is 14.2. The topological polar surface area (TPSA) is 99.6 Å². The van der Waals surface area contributed by atoms with Crippen LogP contribution >= 0.6 is 0 Å². The summed E-state index contributed by atoms with van der Waals surface area (Å²) < 4.78 is 40.3. The van der Waals surface area contributed by atoms with E-state index in [1.807, 2.05) is 32.0 Å². The maximum atomic E-state index is 14.6. The molecule has 0 amide bonds. The third kappa shape index (κ3) is 5.83. The highest BCUT2D eigenvalue weighted by Crippen LogP contribution is 2.28. The van der Waals surface area contributed by atoms with Crippen LogP contribution in [0.15, 0.2) is 47.6 Å². The number of nitrogens with one attached hydrogen (secondary N) is 2. The second kappa shape index (κ2) is 9.53. The molecule has 0 unspecified atom stereocenters. The number of aryl methyl sites for hydroxylation is 2. The van der Waals surface area contributed by atoms with E-state index in [0.717, 1.165) is 40.5 Å². The summed E-state index contributed by atoms with van der Waals surface area (Å²) in [5, 5.41) is 3.01. The van der Waals surface area contributed by atoms with E-state index in [0.29, 0.717) is 11.4 Å². The number of hydrogen-bond acceptors (Lipinski definition) is 7. The largest absolute Gasteiger partial charge is 0.327 e. The summed E-state index contributed by atoms with van der Waals surface area (Å²) in [5.74, 6) is -0.295. The molecule has 0 saturated carbocycles. The molecule has 8 nitrogen and oxygen atoms in total. The fourth-order valence-corrected chi connectivity index (χ4v) is 3.92. The van der Waals surface area contributed by atoms with E-state index in [2.05, 4.69) is 25.0 Å². The Kier molecular flexibility index (Phi) is 6.97. The number of nitrogens with zero attached hydrogens (tertiary/aromatic N) is 4. The highest BCUT2D eigenvalue weighted by atomic mass is 32.2. The van der Waals surface area contributed by atoms with Gasteiger partial charge in [-0.05, 0) is 61.7 Å². The van der Waals surface area contributed by atoms with Crippen LogP contribution in [0.4, 0.5) is 33.2 Å². The first kappa shape index (κ1) is 24.1. The molecular weight excluding hydrogens is 443 g/mol. The van der Waals surface area contributed by atoms with Crippen molar-refractivity contribution in [1.29, 1.82) is 0 Å². The van der Waals surface area contributed by atoms with Gasteiger partial charge in [-0.15, -0.1) is 0 Å². The second-order valence-corrected chi connectivity index (χ2v) is 9.51. The third-order valence-corrected chi connectivity index (χ3v) is 5.75. The minimum absolute atomic E-state index is 0.0992. The summed E-state index contributed by atoms with van der Waals surface area (Å²) >= 11 is 0. The molecule has 0 bridgehead atoms. The van der Waals surface area contributed by atoms with Gasteiger partial charge in [-0.2, -0.15) is 4.98 Å². The van der Waals surface area contributed by atoms with Gasteiger partial charge in [-0.25, -0.2) is 17.8 Å². The molecule has 0 radical (unpaired) electrons. The number of aromatic nitrogens is 2. The molecule has 2 aromatic carbocycles. The maximum Gasteiger partial charge on any atom is 0.229 e. The summed E-state index contributed by atoms with van der Waals surface area (Å²) in [6.07, 6.45) is 2.18. The van der Waals surface area contributed by atoms with Crippen molar-refractivity contribution in [2.75, 3.05) is 35.3 Å². The Morgan fingerprint density at radius 3 is 2.48 bits per heavy atom. The summed E-state index contributed by atoms with van der Waals surface area (Å²) in [6.45, 7) is 5.71. The molecule has 0 spiro atoms. The van der Waals surface area contributed by atoms with Gasteiger partial charge in [0.15, 0.2) is 11.6 Å².